The minimum absolute atomic E-state index is 0.423. The molecule has 2 rings (SSSR count). The lowest BCUT2D eigenvalue weighted by Gasteiger charge is -2.11. The number of rotatable bonds is 2. The van der Waals surface area contributed by atoms with E-state index in [0.29, 0.717) is 11.8 Å². The van der Waals surface area contributed by atoms with Crippen LogP contribution in [0.4, 0.5) is 11.6 Å². The first-order chi connectivity index (χ1) is 7.58. The molecular weight excluding hydrogens is 202 g/mol. The summed E-state index contributed by atoms with van der Waals surface area (Å²) in [6.45, 7) is 0. The fraction of sp³-hybridized carbons (Fsp3) is 0.273. The van der Waals surface area contributed by atoms with Crippen molar-refractivity contribution in [2.24, 2.45) is 7.05 Å². The van der Waals surface area contributed by atoms with Gasteiger partial charge in [-0.1, -0.05) is 0 Å². The topological polar surface area (TPSA) is 60.0 Å². The minimum atomic E-state index is 0.423. The van der Waals surface area contributed by atoms with E-state index in [1.54, 1.807) is 11.7 Å². The maximum absolute atomic E-state index is 5.64. The zero-order valence-electron chi connectivity index (χ0n) is 9.68. The van der Waals surface area contributed by atoms with Crippen LogP contribution in [-0.4, -0.2) is 28.9 Å². The first-order valence-corrected chi connectivity index (χ1v) is 5.02. The number of nitrogens with zero attached hydrogens (tertiary/aromatic N) is 4. The van der Waals surface area contributed by atoms with Crippen LogP contribution in [0.5, 0.6) is 0 Å². The van der Waals surface area contributed by atoms with Crippen LogP contribution in [0.1, 0.15) is 0 Å². The van der Waals surface area contributed by atoms with Gasteiger partial charge in [0.1, 0.15) is 0 Å². The van der Waals surface area contributed by atoms with Gasteiger partial charge in [0.2, 0.25) is 5.95 Å². The molecule has 5 heteroatoms. The average Bonchev–Trinajstić information content (AvgIpc) is 2.59. The molecule has 0 saturated heterocycles. The monoisotopic (exact) mass is 217 g/mol. The molecule has 1 aromatic heterocycles. The minimum Gasteiger partial charge on any atom is -0.378 e. The van der Waals surface area contributed by atoms with Crippen molar-refractivity contribution in [1.29, 1.82) is 0 Å². The van der Waals surface area contributed by atoms with Gasteiger partial charge < -0.3 is 10.6 Å². The summed E-state index contributed by atoms with van der Waals surface area (Å²) >= 11 is 0. The van der Waals surface area contributed by atoms with Gasteiger partial charge in [-0.05, 0) is 24.3 Å². The molecule has 0 aliphatic heterocycles. The van der Waals surface area contributed by atoms with Crippen molar-refractivity contribution in [2.45, 2.75) is 0 Å². The maximum Gasteiger partial charge on any atom is 0.218 e. The van der Waals surface area contributed by atoms with Crippen LogP contribution in [0.3, 0.4) is 0 Å². The summed E-state index contributed by atoms with van der Waals surface area (Å²) in [4.78, 5) is 6.22. The summed E-state index contributed by atoms with van der Waals surface area (Å²) in [7, 11) is 5.79. The molecule has 0 amide bonds. The molecule has 5 nitrogen and oxygen atoms in total. The molecule has 84 valence electrons. The summed E-state index contributed by atoms with van der Waals surface area (Å²) in [6.07, 6.45) is 0. The van der Waals surface area contributed by atoms with E-state index in [1.165, 1.54) is 0 Å². The van der Waals surface area contributed by atoms with E-state index in [2.05, 4.69) is 10.1 Å². The molecular formula is C11H15N5. The third-order valence-electron chi connectivity index (χ3n) is 2.44. The predicted octanol–water partition coefficient (Wildman–Crippen LogP) is 1.13. The van der Waals surface area contributed by atoms with Crippen LogP contribution in [0.15, 0.2) is 24.3 Å². The van der Waals surface area contributed by atoms with E-state index in [0.717, 1.165) is 11.3 Å². The summed E-state index contributed by atoms with van der Waals surface area (Å²) < 4.78 is 1.56. The molecule has 0 aliphatic carbocycles. The summed E-state index contributed by atoms with van der Waals surface area (Å²) in [5.74, 6) is 1.08. The Morgan fingerprint density at radius 2 is 1.81 bits per heavy atom. The second-order valence-electron chi connectivity index (χ2n) is 3.86. The quantitative estimate of drug-likeness (QED) is 0.819. The van der Waals surface area contributed by atoms with Crippen molar-refractivity contribution in [2.75, 3.05) is 24.7 Å². The molecule has 0 atom stereocenters. The molecule has 0 saturated carbocycles. The van der Waals surface area contributed by atoms with Crippen molar-refractivity contribution in [1.82, 2.24) is 14.8 Å². The zero-order valence-corrected chi connectivity index (χ0v) is 9.68. The molecule has 0 fully saturated rings. The lowest BCUT2D eigenvalue weighted by Crippen LogP contribution is -2.07. The second-order valence-corrected chi connectivity index (χ2v) is 3.86. The van der Waals surface area contributed by atoms with Gasteiger partial charge in [-0.2, -0.15) is 4.98 Å². The van der Waals surface area contributed by atoms with Gasteiger partial charge in [-0.25, -0.2) is 4.68 Å². The highest BCUT2D eigenvalue weighted by molar-refractivity contribution is 5.60. The second kappa shape index (κ2) is 3.84. The van der Waals surface area contributed by atoms with Gasteiger partial charge in [0.25, 0.3) is 0 Å². The first kappa shape index (κ1) is 10.5. The van der Waals surface area contributed by atoms with Crippen LogP contribution in [0.2, 0.25) is 0 Å². The van der Waals surface area contributed by atoms with E-state index in [9.17, 15) is 0 Å². The lowest BCUT2D eigenvalue weighted by molar-refractivity contribution is 0.781. The van der Waals surface area contributed by atoms with Gasteiger partial charge in [-0.15, -0.1) is 5.10 Å². The fourth-order valence-corrected chi connectivity index (χ4v) is 1.43. The van der Waals surface area contributed by atoms with E-state index in [-0.39, 0.29) is 0 Å². The number of nitrogen functional groups attached to an aromatic ring is 1. The van der Waals surface area contributed by atoms with Crippen molar-refractivity contribution in [3.05, 3.63) is 24.3 Å². The highest BCUT2D eigenvalue weighted by Crippen LogP contribution is 2.19. The van der Waals surface area contributed by atoms with E-state index in [1.807, 2.05) is 43.3 Å². The molecule has 0 radical (unpaired) electrons. The van der Waals surface area contributed by atoms with Gasteiger partial charge in [0.05, 0.1) is 0 Å². The molecule has 2 N–H and O–H groups in total. The van der Waals surface area contributed by atoms with Crippen LogP contribution in [0, 0.1) is 0 Å². The number of aromatic nitrogens is 3. The highest BCUT2D eigenvalue weighted by Gasteiger charge is 2.06. The standard InChI is InChI=1S/C11H15N5/c1-15(2)9-6-4-8(5-7-9)10-13-11(12)16(3)14-10/h4-7H,1-3H3,(H2,12,13,14). The summed E-state index contributed by atoms with van der Waals surface area (Å²) in [5, 5.41) is 4.22. The molecule has 1 aromatic carbocycles. The van der Waals surface area contributed by atoms with Crippen LogP contribution >= 0.6 is 0 Å². The van der Waals surface area contributed by atoms with Crippen LogP contribution < -0.4 is 10.6 Å². The Morgan fingerprint density at radius 1 is 1.19 bits per heavy atom. The smallest absolute Gasteiger partial charge is 0.218 e. The van der Waals surface area contributed by atoms with Crippen molar-refractivity contribution < 1.29 is 0 Å². The molecule has 0 aliphatic rings. The lowest BCUT2D eigenvalue weighted by atomic mass is 10.2. The third kappa shape index (κ3) is 1.84. The Bertz CT molecular complexity index is 464. The van der Waals surface area contributed by atoms with E-state index in [4.69, 9.17) is 5.73 Å². The van der Waals surface area contributed by atoms with E-state index < -0.39 is 0 Å². The van der Waals surface area contributed by atoms with Gasteiger partial charge >= 0.3 is 0 Å². The zero-order chi connectivity index (χ0) is 11.7. The highest BCUT2D eigenvalue weighted by atomic mass is 15.4. The number of aryl methyl sites for hydroxylation is 1. The Kier molecular flexibility index (Phi) is 2.52. The molecule has 2 aromatic rings. The SMILES string of the molecule is CN(C)c1ccc(-c2nc(N)n(C)n2)cc1. The predicted molar refractivity (Wildman–Crippen MR) is 65.2 cm³/mol. The number of hydrogen-bond donors (Lipinski definition) is 1. The van der Waals surface area contributed by atoms with Gasteiger partial charge in [0, 0.05) is 32.4 Å². The van der Waals surface area contributed by atoms with E-state index >= 15 is 0 Å². The van der Waals surface area contributed by atoms with Crippen molar-refractivity contribution >= 4 is 11.6 Å². The molecule has 0 bridgehead atoms. The number of nitrogens with two attached hydrogens (primary N) is 1. The Labute approximate surface area is 94.5 Å². The Morgan fingerprint density at radius 3 is 2.25 bits per heavy atom. The third-order valence-corrected chi connectivity index (χ3v) is 2.44. The maximum atomic E-state index is 5.64. The van der Waals surface area contributed by atoms with Gasteiger partial charge in [-0.3, -0.25) is 0 Å². The van der Waals surface area contributed by atoms with Gasteiger partial charge in [0.15, 0.2) is 5.82 Å². The largest absolute Gasteiger partial charge is 0.378 e. The van der Waals surface area contributed by atoms with Crippen LogP contribution in [-0.2, 0) is 7.05 Å². The molecule has 1 heterocycles. The summed E-state index contributed by atoms with van der Waals surface area (Å²) in [6, 6.07) is 8.04. The Balaban J connectivity index is 2.34. The average molecular weight is 217 g/mol. The molecule has 16 heavy (non-hydrogen) atoms. The molecule has 0 spiro atoms. The Hall–Kier alpha value is -2.04. The summed E-state index contributed by atoms with van der Waals surface area (Å²) in [5.41, 5.74) is 7.75. The number of anilines is 2. The number of benzene rings is 1. The molecule has 0 unspecified atom stereocenters. The van der Waals surface area contributed by atoms with Crippen LogP contribution in [0.25, 0.3) is 11.4 Å². The normalized spacial score (nSPS) is 10.4. The van der Waals surface area contributed by atoms with Crippen molar-refractivity contribution in [3.63, 3.8) is 0 Å². The first-order valence-electron chi connectivity index (χ1n) is 5.02. The van der Waals surface area contributed by atoms with Crippen molar-refractivity contribution in [3.8, 4) is 11.4 Å². The number of hydrogen-bond acceptors (Lipinski definition) is 4. The fourth-order valence-electron chi connectivity index (χ4n) is 1.43.